The molecule has 118 valence electrons. The average Bonchev–Trinajstić information content (AvgIpc) is 2.76. The van der Waals surface area contributed by atoms with Crippen LogP contribution in [0.1, 0.15) is 19.4 Å². The molecule has 0 N–H and O–H groups in total. The maximum absolute atomic E-state index is 5.30. The first-order valence-electron chi connectivity index (χ1n) is 7.63. The van der Waals surface area contributed by atoms with Crippen LogP contribution in [0.15, 0.2) is 70.7 Å². The summed E-state index contributed by atoms with van der Waals surface area (Å²) in [6.07, 6.45) is 1.84. The van der Waals surface area contributed by atoms with Gasteiger partial charge in [0.2, 0.25) is 0 Å². The van der Waals surface area contributed by atoms with Crippen molar-refractivity contribution in [1.29, 1.82) is 0 Å². The summed E-state index contributed by atoms with van der Waals surface area (Å²) >= 11 is 0. The quantitative estimate of drug-likeness (QED) is 0.744. The molecule has 0 spiro atoms. The molecule has 0 aliphatic carbocycles. The number of likely N-dealkylation sites (N-methyl/N-ethyl adjacent to an activating group) is 1. The third kappa shape index (κ3) is 2.61. The Morgan fingerprint density at radius 2 is 1.74 bits per heavy atom. The normalized spacial score (nSPS) is 17.7. The van der Waals surface area contributed by atoms with Gasteiger partial charge in [0.1, 0.15) is 11.4 Å². The van der Waals surface area contributed by atoms with E-state index in [0.29, 0.717) is 0 Å². The second kappa shape index (κ2) is 5.88. The highest BCUT2D eigenvalue weighted by Gasteiger charge is 2.38. The first kappa shape index (κ1) is 15.3. The van der Waals surface area contributed by atoms with E-state index in [-0.39, 0.29) is 5.41 Å². The molecule has 0 amide bonds. The summed E-state index contributed by atoms with van der Waals surface area (Å²) in [7, 11) is 3.70. The molecule has 4 heteroatoms. The number of nitrogens with zero attached hydrogens (tertiary/aromatic N) is 3. The Morgan fingerprint density at radius 1 is 1.04 bits per heavy atom. The predicted octanol–water partition coefficient (Wildman–Crippen LogP) is 5.05. The van der Waals surface area contributed by atoms with Crippen molar-refractivity contribution < 1.29 is 4.74 Å². The molecule has 23 heavy (non-hydrogen) atoms. The van der Waals surface area contributed by atoms with Gasteiger partial charge in [-0.05, 0) is 23.8 Å². The van der Waals surface area contributed by atoms with Gasteiger partial charge in [-0.3, -0.25) is 0 Å². The molecular weight excluding hydrogens is 286 g/mol. The van der Waals surface area contributed by atoms with Gasteiger partial charge < -0.3 is 9.64 Å². The Kier molecular flexibility index (Phi) is 3.90. The SMILES string of the molecule is COc1ccccc1N=N/C=C1\N(C)c2ccccc2C1(C)C. The number of anilines is 1. The molecule has 1 aliphatic heterocycles. The lowest BCUT2D eigenvalue weighted by molar-refractivity contribution is 0.416. The third-order valence-corrected chi connectivity index (χ3v) is 4.37. The minimum Gasteiger partial charge on any atom is -0.494 e. The van der Waals surface area contributed by atoms with Crippen LogP contribution < -0.4 is 9.64 Å². The second-order valence-corrected chi connectivity index (χ2v) is 6.10. The molecule has 0 saturated heterocycles. The lowest BCUT2D eigenvalue weighted by Gasteiger charge is -2.22. The molecule has 0 fully saturated rings. The molecule has 3 rings (SSSR count). The highest BCUT2D eigenvalue weighted by Crippen LogP contribution is 2.46. The van der Waals surface area contributed by atoms with Gasteiger partial charge in [-0.2, -0.15) is 5.11 Å². The van der Waals surface area contributed by atoms with E-state index in [1.54, 1.807) is 7.11 Å². The molecular formula is C19H21N3O. The monoisotopic (exact) mass is 307 g/mol. The average molecular weight is 307 g/mol. The van der Waals surface area contributed by atoms with E-state index in [1.165, 1.54) is 11.3 Å². The molecule has 1 aliphatic rings. The van der Waals surface area contributed by atoms with E-state index in [4.69, 9.17) is 4.74 Å². The molecule has 0 aromatic heterocycles. The van der Waals surface area contributed by atoms with Gasteiger partial charge in [0, 0.05) is 23.8 Å². The van der Waals surface area contributed by atoms with Gasteiger partial charge in [-0.15, -0.1) is 5.11 Å². The van der Waals surface area contributed by atoms with Gasteiger partial charge in [0.25, 0.3) is 0 Å². The van der Waals surface area contributed by atoms with Crippen LogP contribution >= 0.6 is 0 Å². The smallest absolute Gasteiger partial charge is 0.146 e. The number of methoxy groups -OCH3 is 1. The molecule has 0 bridgehead atoms. The number of rotatable bonds is 3. The molecule has 2 aromatic carbocycles. The minimum atomic E-state index is -0.0921. The second-order valence-electron chi connectivity index (χ2n) is 6.10. The number of hydrogen-bond acceptors (Lipinski definition) is 4. The third-order valence-electron chi connectivity index (χ3n) is 4.37. The van der Waals surface area contributed by atoms with Crippen LogP contribution in [0, 0.1) is 0 Å². The summed E-state index contributed by atoms with van der Waals surface area (Å²) in [5, 5.41) is 8.60. The number of ether oxygens (including phenoxy) is 1. The van der Waals surface area contributed by atoms with Crippen LogP contribution in [0.5, 0.6) is 5.75 Å². The van der Waals surface area contributed by atoms with Crippen LogP contribution in [0.2, 0.25) is 0 Å². The Morgan fingerprint density at radius 3 is 2.48 bits per heavy atom. The molecule has 4 nitrogen and oxygen atoms in total. The van der Waals surface area contributed by atoms with Crippen molar-refractivity contribution in [1.82, 2.24) is 0 Å². The van der Waals surface area contributed by atoms with E-state index in [2.05, 4.69) is 60.3 Å². The summed E-state index contributed by atoms with van der Waals surface area (Å²) in [6.45, 7) is 4.42. The van der Waals surface area contributed by atoms with Crippen molar-refractivity contribution in [3.8, 4) is 5.75 Å². The number of benzene rings is 2. The van der Waals surface area contributed by atoms with Crippen LogP contribution in [-0.4, -0.2) is 14.2 Å². The summed E-state index contributed by atoms with van der Waals surface area (Å²) in [4.78, 5) is 2.18. The van der Waals surface area contributed by atoms with Crippen LogP contribution in [0.4, 0.5) is 11.4 Å². The largest absolute Gasteiger partial charge is 0.494 e. The highest BCUT2D eigenvalue weighted by molar-refractivity contribution is 5.69. The van der Waals surface area contributed by atoms with Crippen molar-refractivity contribution in [2.75, 3.05) is 19.1 Å². The number of para-hydroxylation sites is 2. The summed E-state index contributed by atoms with van der Waals surface area (Å²) in [5.41, 5.74) is 4.28. The Bertz CT molecular complexity index is 778. The first-order valence-corrected chi connectivity index (χ1v) is 7.63. The van der Waals surface area contributed by atoms with Gasteiger partial charge in [-0.1, -0.05) is 44.2 Å². The van der Waals surface area contributed by atoms with Crippen LogP contribution in [0.3, 0.4) is 0 Å². The maximum atomic E-state index is 5.30. The van der Waals surface area contributed by atoms with Gasteiger partial charge >= 0.3 is 0 Å². The molecule has 0 radical (unpaired) electrons. The number of fused-ring (bicyclic) bond motifs is 1. The number of hydrogen-bond donors (Lipinski definition) is 0. The zero-order valence-corrected chi connectivity index (χ0v) is 13.9. The predicted molar refractivity (Wildman–Crippen MR) is 93.5 cm³/mol. The fraction of sp³-hybridized carbons (Fsp3) is 0.263. The van der Waals surface area contributed by atoms with Gasteiger partial charge in [-0.25, -0.2) is 0 Å². The molecule has 0 saturated carbocycles. The summed E-state index contributed by atoms with van der Waals surface area (Å²) in [5.74, 6) is 0.719. The number of allylic oxidation sites excluding steroid dienone is 1. The van der Waals surface area contributed by atoms with Crippen molar-refractivity contribution in [2.45, 2.75) is 19.3 Å². The fourth-order valence-corrected chi connectivity index (χ4v) is 3.09. The van der Waals surface area contributed by atoms with E-state index in [9.17, 15) is 0 Å². The van der Waals surface area contributed by atoms with E-state index in [1.807, 2.05) is 30.5 Å². The maximum Gasteiger partial charge on any atom is 0.146 e. The summed E-state index contributed by atoms with van der Waals surface area (Å²) < 4.78 is 5.30. The standard InChI is InChI=1S/C19H21N3O/c1-19(2)14-9-5-7-11-16(14)22(3)18(19)13-20-21-15-10-6-8-12-17(15)23-4/h5-13H,1-4H3/b18-13-,21-20?. The lowest BCUT2D eigenvalue weighted by atomic mass is 9.84. The zero-order valence-electron chi connectivity index (χ0n) is 13.9. The van der Waals surface area contributed by atoms with E-state index >= 15 is 0 Å². The highest BCUT2D eigenvalue weighted by atomic mass is 16.5. The van der Waals surface area contributed by atoms with Gasteiger partial charge in [0.15, 0.2) is 0 Å². The minimum absolute atomic E-state index is 0.0921. The van der Waals surface area contributed by atoms with Crippen molar-refractivity contribution in [2.24, 2.45) is 10.2 Å². The van der Waals surface area contributed by atoms with Gasteiger partial charge in [0.05, 0.1) is 13.3 Å². The van der Waals surface area contributed by atoms with Crippen molar-refractivity contribution in [3.63, 3.8) is 0 Å². The molecule has 1 heterocycles. The molecule has 0 atom stereocenters. The summed E-state index contributed by atoms with van der Waals surface area (Å²) in [6, 6.07) is 16.0. The van der Waals surface area contributed by atoms with Crippen LogP contribution in [0.25, 0.3) is 0 Å². The zero-order chi connectivity index (χ0) is 16.4. The number of azo groups is 1. The molecule has 0 unspecified atom stereocenters. The van der Waals surface area contributed by atoms with Crippen molar-refractivity contribution >= 4 is 11.4 Å². The lowest BCUT2D eigenvalue weighted by Crippen LogP contribution is -2.22. The fourth-order valence-electron chi connectivity index (χ4n) is 3.09. The van der Waals surface area contributed by atoms with Crippen molar-refractivity contribution in [3.05, 3.63) is 66.0 Å². The Balaban J connectivity index is 1.93. The Labute approximate surface area is 137 Å². The molecule has 2 aromatic rings. The van der Waals surface area contributed by atoms with Crippen LogP contribution in [-0.2, 0) is 5.41 Å². The van der Waals surface area contributed by atoms with E-state index in [0.717, 1.165) is 17.1 Å². The van der Waals surface area contributed by atoms with E-state index < -0.39 is 0 Å². The first-order chi connectivity index (χ1) is 11.1. The Hall–Kier alpha value is -2.62. The topological polar surface area (TPSA) is 37.2 Å².